The lowest BCUT2D eigenvalue weighted by atomic mass is 9.92. The predicted octanol–water partition coefficient (Wildman–Crippen LogP) is 3.20. The van der Waals surface area contributed by atoms with Gasteiger partial charge in [0.25, 0.3) is 0 Å². The van der Waals surface area contributed by atoms with E-state index in [4.69, 9.17) is 9.47 Å². The van der Waals surface area contributed by atoms with Crippen LogP contribution in [0.15, 0.2) is 48.5 Å². The second-order valence-corrected chi connectivity index (χ2v) is 11.0. The number of quaternary nitrogens is 2. The summed E-state index contributed by atoms with van der Waals surface area (Å²) in [6.07, 6.45) is 11.0. The van der Waals surface area contributed by atoms with Crippen LogP contribution in [0.1, 0.15) is 84.9 Å². The molecule has 2 heterocycles. The molecule has 2 unspecified atom stereocenters. The molecule has 0 saturated carbocycles. The number of ketones is 2. The summed E-state index contributed by atoms with van der Waals surface area (Å²) in [4.78, 5) is 30.1. The molecule has 2 N–H and O–H groups in total. The SMILES string of the molecule is COc1ccc(C(=O)C(CCCCC(C(=O)c2ccc(OC)cc2)[NH+]2CCCCC2)[NH+]2CCCCC2)cc1. The summed E-state index contributed by atoms with van der Waals surface area (Å²) in [5.41, 5.74) is 1.55. The lowest BCUT2D eigenvalue weighted by Gasteiger charge is -2.32. The van der Waals surface area contributed by atoms with Crippen LogP contribution in [0.4, 0.5) is 0 Å². The first kappa shape index (κ1) is 28.3. The number of nitrogens with one attached hydrogen (secondary N) is 2. The molecule has 6 heteroatoms. The summed E-state index contributed by atoms with van der Waals surface area (Å²) in [5.74, 6) is 2.04. The average molecular weight is 523 g/mol. The van der Waals surface area contributed by atoms with Gasteiger partial charge in [-0.25, -0.2) is 0 Å². The van der Waals surface area contributed by atoms with Gasteiger partial charge in [0.1, 0.15) is 11.5 Å². The lowest BCUT2D eigenvalue weighted by molar-refractivity contribution is -0.921. The lowest BCUT2D eigenvalue weighted by Crippen LogP contribution is -3.17. The molecule has 0 aromatic heterocycles. The van der Waals surface area contributed by atoms with E-state index in [1.54, 1.807) is 14.2 Å². The van der Waals surface area contributed by atoms with Crippen molar-refractivity contribution in [3.05, 3.63) is 59.7 Å². The average Bonchev–Trinajstić information content (AvgIpc) is 2.99. The number of piperidine rings is 2. The van der Waals surface area contributed by atoms with E-state index in [-0.39, 0.29) is 23.7 Å². The van der Waals surface area contributed by atoms with Gasteiger partial charge in [0.15, 0.2) is 12.1 Å². The zero-order valence-corrected chi connectivity index (χ0v) is 23.3. The molecule has 0 radical (unpaired) electrons. The first-order valence-corrected chi connectivity index (χ1v) is 14.7. The van der Waals surface area contributed by atoms with Gasteiger partial charge in [0, 0.05) is 24.0 Å². The normalized spacial score (nSPS) is 18.5. The molecule has 0 bridgehead atoms. The van der Waals surface area contributed by atoms with Crippen LogP contribution in [0.25, 0.3) is 0 Å². The number of carbonyl (C=O) groups excluding carboxylic acids is 2. The molecule has 0 amide bonds. The van der Waals surface area contributed by atoms with E-state index in [2.05, 4.69) is 0 Å². The number of ether oxygens (including phenoxy) is 2. The number of unbranched alkanes of at least 4 members (excludes halogenated alkanes) is 1. The van der Waals surface area contributed by atoms with Gasteiger partial charge in [-0.05, 0) is 99.9 Å². The van der Waals surface area contributed by atoms with Crippen LogP contribution in [0.2, 0.25) is 0 Å². The van der Waals surface area contributed by atoms with Gasteiger partial charge in [-0.1, -0.05) is 0 Å². The molecule has 4 rings (SSSR count). The third-order valence-corrected chi connectivity index (χ3v) is 8.59. The Hall–Kier alpha value is -2.70. The molecule has 206 valence electrons. The quantitative estimate of drug-likeness (QED) is 0.313. The van der Waals surface area contributed by atoms with E-state index in [0.29, 0.717) is 0 Å². The Morgan fingerprint density at radius 2 is 0.947 bits per heavy atom. The zero-order chi connectivity index (χ0) is 26.7. The van der Waals surface area contributed by atoms with E-state index in [1.807, 2.05) is 48.5 Å². The smallest absolute Gasteiger partial charge is 0.219 e. The van der Waals surface area contributed by atoms with Crippen LogP contribution < -0.4 is 19.3 Å². The van der Waals surface area contributed by atoms with Crippen LogP contribution in [-0.4, -0.2) is 64.0 Å². The standard InChI is InChI=1S/C32H44N2O4/c1-37-27-17-13-25(14-18-27)31(35)29(33-21-7-3-8-22-33)11-5-6-12-30(34-23-9-4-10-24-34)32(36)26-15-19-28(38-2)20-16-26/h13-20,29-30H,3-12,21-24H2,1-2H3/p+2. The van der Waals surface area contributed by atoms with Crippen LogP contribution >= 0.6 is 0 Å². The molecule has 0 spiro atoms. The third kappa shape index (κ3) is 7.45. The number of carbonyl (C=O) groups is 2. The topological polar surface area (TPSA) is 61.5 Å². The van der Waals surface area contributed by atoms with Gasteiger partial charge in [-0.3, -0.25) is 9.59 Å². The van der Waals surface area contributed by atoms with Crippen molar-refractivity contribution in [2.24, 2.45) is 0 Å². The highest BCUT2D eigenvalue weighted by Gasteiger charge is 2.33. The third-order valence-electron chi connectivity index (χ3n) is 8.59. The number of rotatable bonds is 13. The van der Waals surface area contributed by atoms with Crippen molar-refractivity contribution in [3.8, 4) is 11.5 Å². The zero-order valence-electron chi connectivity index (χ0n) is 23.3. The van der Waals surface area contributed by atoms with Crippen LogP contribution in [0.3, 0.4) is 0 Å². The van der Waals surface area contributed by atoms with E-state index >= 15 is 0 Å². The minimum atomic E-state index is -0.0123. The van der Waals surface area contributed by atoms with Gasteiger partial charge in [-0.2, -0.15) is 0 Å². The minimum absolute atomic E-state index is 0.0123. The molecular formula is C32H46N2O4+2. The number of likely N-dealkylation sites (tertiary alicyclic amines) is 2. The maximum Gasteiger partial charge on any atom is 0.219 e. The fourth-order valence-electron chi connectivity index (χ4n) is 6.36. The predicted molar refractivity (Wildman–Crippen MR) is 150 cm³/mol. The Kier molecular flexibility index (Phi) is 10.8. The van der Waals surface area contributed by atoms with Crippen molar-refractivity contribution >= 4 is 11.6 Å². The number of hydrogen-bond donors (Lipinski definition) is 2. The molecule has 6 nitrogen and oxygen atoms in total. The fraction of sp³-hybridized carbons (Fsp3) is 0.562. The number of methoxy groups -OCH3 is 2. The van der Waals surface area contributed by atoms with Crippen LogP contribution in [0.5, 0.6) is 11.5 Å². The Morgan fingerprint density at radius 3 is 1.26 bits per heavy atom. The van der Waals surface area contributed by atoms with Gasteiger partial charge >= 0.3 is 0 Å². The van der Waals surface area contributed by atoms with Gasteiger partial charge in [0.2, 0.25) is 11.6 Å². The number of hydrogen-bond acceptors (Lipinski definition) is 4. The molecule has 2 aliphatic heterocycles. The Morgan fingerprint density at radius 1 is 0.605 bits per heavy atom. The van der Waals surface area contributed by atoms with E-state index in [0.717, 1.165) is 74.5 Å². The summed E-state index contributed by atoms with van der Waals surface area (Å²) in [7, 11) is 3.30. The molecule has 2 saturated heterocycles. The molecule has 2 fully saturated rings. The highest BCUT2D eigenvalue weighted by atomic mass is 16.5. The van der Waals surface area contributed by atoms with Crippen molar-refractivity contribution in [3.63, 3.8) is 0 Å². The van der Waals surface area contributed by atoms with Gasteiger partial charge < -0.3 is 19.3 Å². The summed E-state index contributed by atoms with van der Waals surface area (Å²) >= 11 is 0. The first-order chi connectivity index (χ1) is 18.6. The Bertz CT molecular complexity index is 925. The summed E-state index contributed by atoms with van der Waals surface area (Å²) < 4.78 is 10.6. The number of Topliss-reactive ketones (excluding diaryl/α,β-unsaturated/α-hetero) is 2. The molecule has 2 aromatic carbocycles. The fourth-order valence-corrected chi connectivity index (χ4v) is 6.36. The van der Waals surface area contributed by atoms with Crippen molar-refractivity contribution in [2.45, 2.75) is 76.3 Å². The highest BCUT2D eigenvalue weighted by Crippen LogP contribution is 2.17. The highest BCUT2D eigenvalue weighted by molar-refractivity contribution is 5.99. The van der Waals surface area contributed by atoms with E-state index in [9.17, 15) is 9.59 Å². The van der Waals surface area contributed by atoms with Crippen molar-refractivity contribution in [1.29, 1.82) is 0 Å². The molecule has 2 aromatic rings. The molecule has 0 aliphatic carbocycles. The van der Waals surface area contributed by atoms with Crippen molar-refractivity contribution < 1.29 is 28.9 Å². The van der Waals surface area contributed by atoms with Crippen molar-refractivity contribution in [2.75, 3.05) is 40.4 Å². The monoisotopic (exact) mass is 522 g/mol. The molecule has 2 atom stereocenters. The minimum Gasteiger partial charge on any atom is -0.497 e. The van der Waals surface area contributed by atoms with Gasteiger partial charge in [-0.15, -0.1) is 0 Å². The molecule has 2 aliphatic rings. The largest absolute Gasteiger partial charge is 0.497 e. The van der Waals surface area contributed by atoms with E-state index in [1.165, 1.54) is 48.3 Å². The maximum absolute atomic E-state index is 13.6. The second-order valence-electron chi connectivity index (χ2n) is 11.0. The summed E-state index contributed by atoms with van der Waals surface area (Å²) in [6.45, 7) is 4.29. The molecular weight excluding hydrogens is 476 g/mol. The van der Waals surface area contributed by atoms with Crippen LogP contribution in [0, 0.1) is 0 Å². The summed E-state index contributed by atoms with van der Waals surface area (Å²) in [5, 5.41) is 0. The van der Waals surface area contributed by atoms with E-state index < -0.39 is 0 Å². The van der Waals surface area contributed by atoms with Crippen molar-refractivity contribution in [1.82, 2.24) is 0 Å². The summed E-state index contributed by atoms with van der Waals surface area (Å²) in [6, 6.07) is 15.1. The Balaban J connectivity index is 1.41. The Labute approximate surface area is 228 Å². The van der Waals surface area contributed by atoms with Crippen LogP contribution in [-0.2, 0) is 0 Å². The maximum atomic E-state index is 13.6. The van der Waals surface area contributed by atoms with Gasteiger partial charge in [0.05, 0.1) is 40.4 Å². The number of benzene rings is 2. The molecule has 38 heavy (non-hydrogen) atoms. The first-order valence-electron chi connectivity index (χ1n) is 14.7. The second kappa shape index (κ2) is 14.5.